The van der Waals surface area contributed by atoms with E-state index in [-0.39, 0.29) is 12.5 Å². The molecule has 2 aliphatic rings. The van der Waals surface area contributed by atoms with Crippen LogP contribution in [0.3, 0.4) is 0 Å². The first-order valence-corrected chi connectivity index (χ1v) is 9.58. The molecule has 1 aliphatic carbocycles. The highest BCUT2D eigenvalue weighted by molar-refractivity contribution is 5.51. The molecule has 1 aliphatic heterocycles. The quantitative estimate of drug-likeness (QED) is 0.803. The molecule has 4 rings (SSSR count). The van der Waals surface area contributed by atoms with Gasteiger partial charge in [-0.15, -0.1) is 0 Å². The van der Waals surface area contributed by atoms with E-state index in [1.165, 1.54) is 5.56 Å². The van der Waals surface area contributed by atoms with E-state index in [1.807, 2.05) is 6.92 Å². The molecular weight excluding hydrogens is 371 g/mol. The topological polar surface area (TPSA) is 63.9 Å². The fourth-order valence-corrected chi connectivity index (χ4v) is 4.10. The number of nitrogens with zero attached hydrogens (tertiary/aromatic N) is 5. The minimum absolute atomic E-state index is 0.112. The number of fused-ring (bicyclic) bond motifs is 1. The third-order valence-electron chi connectivity index (χ3n) is 5.53. The Bertz CT molecular complexity index is 932. The predicted octanol–water partition coefficient (Wildman–Crippen LogP) is 2.77. The summed E-state index contributed by atoms with van der Waals surface area (Å²) in [5, 5.41) is 3.52. The number of anilines is 1. The van der Waals surface area contributed by atoms with Crippen LogP contribution in [-0.2, 0) is 25.6 Å². The van der Waals surface area contributed by atoms with Crippen molar-refractivity contribution in [2.75, 3.05) is 18.0 Å². The maximum atomic E-state index is 12.9. The molecule has 1 fully saturated rings. The SMILES string of the molecule is Cc1nc2c(c(N3CCC(Cn4nc(C(F)(F)F)ccc4=O)CC3)n1)CCC2. The second-order valence-electron chi connectivity index (χ2n) is 7.54. The molecule has 2 aromatic rings. The van der Waals surface area contributed by atoms with Crippen molar-refractivity contribution in [3.05, 3.63) is 45.3 Å². The van der Waals surface area contributed by atoms with Crippen LogP contribution < -0.4 is 10.5 Å². The third-order valence-corrected chi connectivity index (χ3v) is 5.53. The van der Waals surface area contributed by atoms with Gasteiger partial charge in [0.2, 0.25) is 0 Å². The van der Waals surface area contributed by atoms with Crippen LogP contribution in [-0.4, -0.2) is 32.8 Å². The molecular formula is C19H22F3N5O. The van der Waals surface area contributed by atoms with Gasteiger partial charge in [-0.1, -0.05) is 0 Å². The van der Waals surface area contributed by atoms with Gasteiger partial charge in [-0.25, -0.2) is 14.6 Å². The molecule has 0 N–H and O–H groups in total. The second kappa shape index (κ2) is 7.18. The molecule has 150 valence electrons. The van der Waals surface area contributed by atoms with Gasteiger partial charge >= 0.3 is 6.18 Å². The summed E-state index contributed by atoms with van der Waals surface area (Å²) in [5.41, 5.74) is 0.848. The van der Waals surface area contributed by atoms with Gasteiger partial charge in [-0.3, -0.25) is 4.79 Å². The lowest BCUT2D eigenvalue weighted by Crippen LogP contribution is -2.38. The zero-order valence-corrected chi connectivity index (χ0v) is 15.7. The molecule has 0 bridgehead atoms. The number of aryl methyl sites for hydroxylation is 2. The molecule has 28 heavy (non-hydrogen) atoms. The smallest absolute Gasteiger partial charge is 0.356 e. The average molecular weight is 393 g/mol. The second-order valence-corrected chi connectivity index (χ2v) is 7.54. The molecule has 0 radical (unpaired) electrons. The minimum Gasteiger partial charge on any atom is -0.356 e. The Morgan fingerprint density at radius 2 is 1.89 bits per heavy atom. The Hall–Kier alpha value is -2.45. The molecule has 0 atom stereocenters. The minimum atomic E-state index is -4.55. The molecule has 0 spiro atoms. The largest absolute Gasteiger partial charge is 0.435 e. The Morgan fingerprint density at radius 3 is 2.61 bits per heavy atom. The molecule has 0 saturated carbocycles. The molecule has 2 aromatic heterocycles. The van der Waals surface area contributed by atoms with E-state index in [0.29, 0.717) is 0 Å². The highest BCUT2D eigenvalue weighted by Crippen LogP contribution is 2.32. The molecule has 9 heteroatoms. The van der Waals surface area contributed by atoms with E-state index < -0.39 is 17.4 Å². The third kappa shape index (κ3) is 3.74. The standard InChI is InChI=1S/C19H22F3N5O/c1-12-23-15-4-2-3-14(15)18(24-12)26-9-7-13(8-10-26)11-27-17(28)6-5-16(25-27)19(20,21)22/h5-6,13H,2-4,7-11H2,1H3. The predicted molar refractivity (Wildman–Crippen MR) is 97.2 cm³/mol. The summed E-state index contributed by atoms with van der Waals surface area (Å²) in [4.78, 5) is 23.4. The molecule has 0 amide bonds. The summed E-state index contributed by atoms with van der Waals surface area (Å²) in [6.07, 6.45) is 0.0935. The number of hydrogen-bond acceptors (Lipinski definition) is 5. The van der Waals surface area contributed by atoms with Crippen molar-refractivity contribution in [3.63, 3.8) is 0 Å². The van der Waals surface area contributed by atoms with Crippen molar-refractivity contribution < 1.29 is 13.2 Å². The normalized spacial score (nSPS) is 17.8. The lowest BCUT2D eigenvalue weighted by molar-refractivity contribution is -0.142. The fourth-order valence-electron chi connectivity index (χ4n) is 4.10. The van der Waals surface area contributed by atoms with E-state index in [1.54, 1.807) is 0 Å². The van der Waals surface area contributed by atoms with Gasteiger partial charge < -0.3 is 4.90 Å². The lowest BCUT2D eigenvalue weighted by atomic mass is 9.96. The molecule has 3 heterocycles. The summed E-state index contributed by atoms with van der Waals surface area (Å²) in [6, 6.07) is 1.68. The monoisotopic (exact) mass is 393 g/mol. The van der Waals surface area contributed by atoms with Gasteiger partial charge in [-0.2, -0.15) is 18.3 Å². The Morgan fingerprint density at radius 1 is 1.14 bits per heavy atom. The van der Waals surface area contributed by atoms with Crippen LogP contribution in [0.4, 0.5) is 19.0 Å². The van der Waals surface area contributed by atoms with E-state index in [2.05, 4.69) is 20.0 Å². The van der Waals surface area contributed by atoms with Gasteiger partial charge in [0, 0.05) is 37.0 Å². The van der Waals surface area contributed by atoms with Gasteiger partial charge in [0.25, 0.3) is 5.56 Å². The molecule has 0 aromatic carbocycles. The summed E-state index contributed by atoms with van der Waals surface area (Å²) in [7, 11) is 0. The van der Waals surface area contributed by atoms with Crippen molar-refractivity contribution in [1.29, 1.82) is 0 Å². The molecule has 1 saturated heterocycles. The first-order chi connectivity index (χ1) is 13.3. The van der Waals surface area contributed by atoms with E-state index >= 15 is 0 Å². The zero-order chi connectivity index (χ0) is 19.9. The van der Waals surface area contributed by atoms with Crippen LogP contribution >= 0.6 is 0 Å². The zero-order valence-electron chi connectivity index (χ0n) is 15.7. The Kier molecular flexibility index (Phi) is 4.84. The van der Waals surface area contributed by atoms with Crippen molar-refractivity contribution in [3.8, 4) is 0 Å². The summed E-state index contributed by atoms with van der Waals surface area (Å²) < 4.78 is 39.5. The van der Waals surface area contributed by atoms with E-state index in [9.17, 15) is 18.0 Å². The first-order valence-electron chi connectivity index (χ1n) is 9.58. The van der Waals surface area contributed by atoms with Gasteiger partial charge in [0.15, 0.2) is 5.69 Å². The van der Waals surface area contributed by atoms with Crippen LogP contribution in [0.1, 0.15) is 42.0 Å². The maximum absolute atomic E-state index is 12.9. The van der Waals surface area contributed by atoms with Gasteiger partial charge in [-0.05, 0) is 51.0 Å². The number of alkyl halides is 3. The van der Waals surface area contributed by atoms with E-state index in [4.69, 9.17) is 0 Å². The van der Waals surface area contributed by atoms with Crippen LogP contribution in [0.2, 0.25) is 0 Å². The summed E-state index contributed by atoms with van der Waals surface area (Å²) >= 11 is 0. The fraction of sp³-hybridized carbons (Fsp3) is 0.579. The van der Waals surface area contributed by atoms with Crippen LogP contribution in [0.5, 0.6) is 0 Å². The van der Waals surface area contributed by atoms with Crippen LogP contribution in [0, 0.1) is 12.8 Å². The number of piperidine rings is 1. The van der Waals surface area contributed by atoms with Crippen molar-refractivity contribution in [1.82, 2.24) is 19.7 Å². The lowest BCUT2D eigenvalue weighted by Gasteiger charge is -2.34. The molecule has 0 unspecified atom stereocenters. The average Bonchev–Trinajstić information content (AvgIpc) is 3.11. The van der Waals surface area contributed by atoms with Gasteiger partial charge in [0.05, 0.1) is 0 Å². The first kappa shape index (κ1) is 18.9. The van der Waals surface area contributed by atoms with Crippen molar-refractivity contribution >= 4 is 5.82 Å². The maximum Gasteiger partial charge on any atom is 0.435 e. The van der Waals surface area contributed by atoms with Gasteiger partial charge in [0.1, 0.15) is 11.6 Å². The summed E-state index contributed by atoms with van der Waals surface area (Å²) in [6.45, 7) is 3.64. The van der Waals surface area contributed by atoms with Crippen LogP contribution in [0.25, 0.3) is 0 Å². The number of halogens is 3. The van der Waals surface area contributed by atoms with Crippen molar-refractivity contribution in [2.45, 2.75) is 51.7 Å². The molecule has 6 nitrogen and oxygen atoms in total. The highest BCUT2D eigenvalue weighted by atomic mass is 19.4. The van der Waals surface area contributed by atoms with Crippen molar-refractivity contribution in [2.24, 2.45) is 5.92 Å². The van der Waals surface area contributed by atoms with Crippen LogP contribution in [0.15, 0.2) is 16.9 Å². The summed E-state index contributed by atoms with van der Waals surface area (Å²) in [5.74, 6) is 1.89. The number of hydrogen-bond donors (Lipinski definition) is 0. The van der Waals surface area contributed by atoms with E-state index in [0.717, 1.165) is 79.3 Å². The number of rotatable bonds is 3. The number of aromatic nitrogens is 4. The Labute approximate surface area is 160 Å². The highest BCUT2D eigenvalue weighted by Gasteiger charge is 2.33. The Balaban J connectivity index is 1.45.